The lowest BCUT2D eigenvalue weighted by atomic mass is 9.92. The van der Waals surface area contributed by atoms with Crippen molar-refractivity contribution >= 4 is 11.7 Å². The first-order valence-electron chi connectivity index (χ1n) is 14.6. The van der Waals surface area contributed by atoms with E-state index in [0.717, 1.165) is 25.9 Å². The van der Waals surface area contributed by atoms with Crippen LogP contribution in [0.25, 0.3) is 0 Å². The summed E-state index contributed by atoms with van der Waals surface area (Å²) in [6.07, 6.45) is 1.69. The van der Waals surface area contributed by atoms with E-state index in [0.29, 0.717) is 72.0 Å². The Kier molecular flexibility index (Phi) is 22.9. The molecule has 2 N–H and O–H groups in total. The van der Waals surface area contributed by atoms with Crippen molar-refractivity contribution in [3.63, 3.8) is 0 Å². The number of amides is 1. The lowest BCUT2D eigenvalue weighted by Crippen LogP contribution is -2.42. The molecule has 0 aromatic heterocycles. The van der Waals surface area contributed by atoms with Crippen LogP contribution >= 0.6 is 0 Å². The third-order valence-corrected chi connectivity index (χ3v) is 6.22. The molecule has 10 nitrogen and oxygen atoms in total. The third-order valence-electron chi connectivity index (χ3n) is 6.22. The first kappa shape index (κ1) is 37.9. The van der Waals surface area contributed by atoms with E-state index in [1.54, 1.807) is 4.90 Å². The van der Waals surface area contributed by atoms with E-state index in [1.807, 2.05) is 27.8 Å². The maximum Gasteiger partial charge on any atom is 0.225 e. The van der Waals surface area contributed by atoms with Crippen molar-refractivity contribution in [1.29, 1.82) is 0 Å². The van der Waals surface area contributed by atoms with Crippen molar-refractivity contribution in [2.24, 2.45) is 11.8 Å². The highest BCUT2D eigenvalue weighted by atomic mass is 16.5. The minimum atomic E-state index is -0.0917. The van der Waals surface area contributed by atoms with Gasteiger partial charge in [-0.25, -0.2) is 0 Å². The van der Waals surface area contributed by atoms with Crippen LogP contribution in [0, 0.1) is 11.8 Å². The van der Waals surface area contributed by atoms with Crippen molar-refractivity contribution in [1.82, 2.24) is 15.5 Å². The van der Waals surface area contributed by atoms with Crippen LogP contribution in [0.3, 0.4) is 0 Å². The predicted molar refractivity (Wildman–Crippen MR) is 155 cm³/mol. The van der Waals surface area contributed by atoms with Crippen LogP contribution in [0.1, 0.15) is 61.3 Å². The summed E-state index contributed by atoms with van der Waals surface area (Å²) in [5.74, 6) is 0.199. The van der Waals surface area contributed by atoms with Crippen molar-refractivity contribution in [2.75, 3.05) is 92.8 Å². The minimum absolute atomic E-state index is 0.000155. The number of hydrogen-bond donors (Lipinski definition) is 2. The zero-order chi connectivity index (χ0) is 29.5. The van der Waals surface area contributed by atoms with Crippen LogP contribution in [0.15, 0.2) is 0 Å². The Morgan fingerprint density at radius 2 is 1.26 bits per heavy atom. The van der Waals surface area contributed by atoms with Gasteiger partial charge in [0.25, 0.3) is 0 Å². The normalized spacial score (nSPS) is 12.9. The molecule has 10 heteroatoms. The fourth-order valence-corrected chi connectivity index (χ4v) is 3.46. The van der Waals surface area contributed by atoms with E-state index in [2.05, 4.69) is 38.3 Å². The monoisotopic (exact) mass is 561 g/mol. The van der Waals surface area contributed by atoms with Gasteiger partial charge in [0.05, 0.1) is 59.5 Å². The summed E-state index contributed by atoms with van der Waals surface area (Å²) in [4.78, 5) is 25.9. The molecule has 0 heterocycles. The summed E-state index contributed by atoms with van der Waals surface area (Å²) >= 11 is 0. The van der Waals surface area contributed by atoms with E-state index in [1.165, 1.54) is 0 Å². The van der Waals surface area contributed by atoms with Crippen molar-refractivity contribution in [3.8, 4) is 0 Å². The second kappa shape index (κ2) is 23.6. The highest BCUT2D eigenvalue weighted by Gasteiger charge is 2.22. The zero-order valence-electron chi connectivity index (χ0n) is 26.1. The largest absolute Gasteiger partial charge is 0.378 e. The van der Waals surface area contributed by atoms with Gasteiger partial charge in [-0.15, -0.1) is 0 Å². The Labute approximate surface area is 238 Å². The first-order chi connectivity index (χ1) is 18.5. The van der Waals surface area contributed by atoms with Crippen LogP contribution < -0.4 is 10.6 Å². The van der Waals surface area contributed by atoms with Crippen LogP contribution in [0.4, 0.5) is 0 Å². The van der Waals surface area contributed by atoms with Gasteiger partial charge in [-0.1, -0.05) is 34.6 Å². The van der Waals surface area contributed by atoms with Gasteiger partial charge >= 0.3 is 0 Å². The van der Waals surface area contributed by atoms with Crippen LogP contribution in [-0.2, 0) is 33.3 Å². The molecule has 1 atom stereocenters. The molecule has 0 aromatic carbocycles. The van der Waals surface area contributed by atoms with Crippen LogP contribution in [0.5, 0.6) is 0 Å². The fourth-order valence-electron chi connectivity index (χ4n) is 3.46. The predicted octanol–water partition coefficient (Wildman–Crippen LogP) is 2.54. The first-order valence-corrected chi connectivity index (χ1v) is 14.6. The highest BCUT2D eigenvalue weighted by molar-refractivity contribution is 5.81. The van der Waals surface area contributed by atoms with Gasteiger partial charge in [0.1, 0.15) is 6.61 Å². The molecule has 0 saturated heterocycles. The number of rotatable bonds is 27. The van der Waals surface area contributed by atoms with Gasteiger partial charge < -0.3 is 39.2 Å². The van der Waals surface area contributed by atoms with E-state index < -0.39 is 0 Å². The molecule has 0 aliphatic rings. The quantitative estimate of drug-likeness (QED) is 0.146. The van der Waals surface area contributed by atoms with E-state index in [4.69, 9.17) is 23.7 Å². The van der Waals surface area contributed by atoms with Gasteiger partial charge in [0.15, 0.2) is 5.78 Å². The maximum absolute atomic E-state index is 12.7. The number of ketones is 1. The molecule has 0 spiro atoms. The molecular formula is C29H59N3O7. The molecule has 0 radical (unpaired) electrons. The van der Waals surface area contributed by atoms with Crippen molar-refractivity contribution in [2.45, 2.75) is 72.9 Å². The highest BCUT2D eigenvalue weighted by Crippen LogP contribution is 2.17. The van der Waals surface area contributed by atoms with Crippen LogP contribution in [0.2, 0.25) is 0 Å². The summed E-state index contributed by atoms with van der Waals surface area (Å²) in [5.41, 5.74) is -0.0917. The molecule has 0 rings (SSSR count). The summed E-state index contributed by atoms with van der Waals surface area (Å²) in [5, 5.41) is 6.82. The van der Waals surface area contributed by atoms with E-state index in [9.17, 15) is 9.59 Å². The maximum atomic E-state index is 12.7. The molecule has 1 amide bonds. The number of nitrogens with zero attached hydrogens (tertiary/aromatic N) is 1. The smallest absolute Gasteiger partial charge is 0.225 e. The molecule has 0 aliphatic carbocycles. The zero-order valence-corrected chi connectivity index (χ0v) is 26.1. The Morgan fingerprint density at radius 3 is 1.82 bits per heavy atom. The van der Waals surface area contributed by atoms with Gasteiger partial charge in [0.2, 0.25) is 5.91 Å². The number of carbonyl (C=O) groups excluding carboxylic acids is 2. The van der Waals surface area contributed by atoms with Gasteiger partial charge in [-0.05, 0) is 26.7 Å². The van der Waals surface area contributed by atoms with Gasteiger partial charge in [-0.3, -0.25) is 9.59 Å². The van der Waals surface area contributed by atoms with E-state index >= 15 is 0 Å². The number of likely N-dealkylation sites (N-methyl/N-ethyl adjacent to an activating group) is 1. The van der Waals surface area contributed by atoms with Gasteiger partial charge in [0, 0.05) is 50.1 Å². The van der Waals surface area contributed by atoms with Crippen molar-refractivity contribution < 1.29 is 33.3 Å². The molecular weight excluding hydrogens is 502 g/mol. The fraction of sp³-hybridized carbons (Fsp3) is 0.931. The Hall–Kier alpha value is -1.14. The standard InChI is InChI=1S/C29H59N3O7/c1-24(2)27(33)23-39-22-21-38-20-18-36-15-12-31-29(6,7)10-9-26(5)28(34)32(8)13-16-37-19-17-35-14-11-30-25(3)4/h24-26,30-31H,9-23H2,1-8H3. The summed E-state index contributed by atoms with van der Waals surface area (Å²) in [6.45, 7) is 21.2. The number of nitrogens with one attached hydrogen (secondary N) is 2. The lowest BCUT2D eigenvalue weighted by molar-refractivity contribution is -0.134. The second-order valence-electron chi connectivity index (χ2n) is 11.2. The number of carbonyl (C=O) groups is 2. The number of Topliss-reactive ketones (excluding diaryl/α,β-unsaturated/α-hetero) is 1. The molecule has 1 unspecified atom stereocenters. The third kappa shape index (κ3) is 23.3. The summed E-state index contributed by atoms with van der Waals surface area (Å²) in [6, 6.07) is 0.464. The topological polar surface area (TPSA) is 108 Å². The molecule has 0 bridgehead atoms. The average Bonchev–Trinajstić information content (AvgIpc) is 2.88. The molecule has 0 aromatic rings. The number of hydrogen-bond acceptors (Lipinski definition) is 9. The van der Waals surface area contributed by atoms with E-state index in [-0.39, 0.29) is 35.7 Å². The number of ether oxygens (including phenoxy) is 5. The summed E-state index contributed by atoms with van der Waals surface area (Å²) < 4.78 is 27.5. The summed E-state index contributed by atoms with van der Waals surface area (Å²) in [7, 11) is 1.83. The Balaban J connectivity index is 3.76. The average molecular weight is 562 g/mol. The molecule has 0 aliphatic heterocycles. The molecule has 232 valence electrons. The molecule has 39 heavy (non-hydrogen) atoms. The Morgan fingerprint density at radius 1 is 0.744 bits per heavy atom. The SMILES string of the molecule is CC(C)NCCOCCOCCN(C)C(=O)C(C)CCC(C)(C)NCCOCCOCCOCC(=O)C(C)C. The molecule has 0 saturated carbocycles. The Bertz CT molecular complexity index is 618. The van der Waals surface area contributed by atoms with Crippen LogP contribution in [-0.4, -0.2) is 121 Å². The van der Waals surface area contributed by atoms with Crippen molar-refractivity contribution in [3.05, 3.63) is 0 Å². The lowest BCUT2D eigenvalue weighted by Gasteiger charge is -2.29. The molecule has 0 fully saturated rings. The van der Waals surface area contributed by atoms with Gasteiger partial charge in [-0.2, -0.15) is 0 Å². The minimum Gasteiger partial charge on any atom is -0.378 e. The second-order valence-corrected chi connectivity index (χ2v) is 11.2.